The Morgan fingerprint density at radius 3 is 2.13 bits per heavy atom. The van der Waals surface area contributed by atoms with Gasteiger partial charge in [-0.2, -0.15) is 0 Å². The van der Waals surface area contributed by atoms with E-state index in [1.54, 1.807) is 0 Å². The molecule has 15 heavy (non-hydrogen) atoms. The van der Waals surface area contributed by atoms with Gasteiger partial charge in [0.15, 0.2) is 5.76 Å². The van der Waals surface area contributed by atoms with Crippen molar-refractivity contribution in [2.75, 3.05) is 0 Å². The van der Waals surface area contributed by atoms with Crippen LogP contribution in [0.25, 0.3) is 0 Å². The minimum absolute atomic E-state index is 0. The molecule has 0 aliphatic heterocycles. The van der Waals surface area contributed by atoms with Gasteiger partial charge in [-0.3, -0.25) is 4.79 Å². The molecule has 0 amide bonds. The van der Waals surface area contributed by atoms with Gasteiger partial charge in [-0.05, 0) is 6.07 Å². The number of carbonyl (C=O) groups excluding carboxylic acids is 1. The largest absolute Gasteiger partial charge is 1.00 e. The summed E-state index contributed by atoms with van der Waals surface area (Å²) in [7, 11) is 0. The van der Waals surface area contributed by atoms with Crippen LogP contribution in [0.1, 0.15) is 21.1 Å². The topological polar surface area (TPSA) is 128 Å². The summed E-state index contributed by atoms with van der Waals surface area (Å²) in [5.41, 5.74) is 0. The van der Waals surface area contributed by atoms with E-state index in [0.717, 1.165) is 0 Å². The van der Waals surface area contributed by atoms with Crippen LogP contribution in [-0.2, 0) is 4.79 Å². The zero-order valence-electron chi connectivity index (χ0n) is 7.51. The van der Waals surface area contributed by atoms with Gasteiger partial charge < -0.3 is 19.7 Å². The van der Waals surface area contributed by atoms with E-state index in [1.807, 2.05) is 0 Å². The number of hydrogen-bond acceptors (Lipinski definition) is 5. The average molecular weight is 238 g/mol. The van der Waals surface area contributed by atoms with Crippen LogP contribution >= 0.6 is 0 Å². The zero-order chi connectivity index (χ0) is 10.9. The molecule has 0 aliphatic rings. The Morgan fingerprint density at radius 2 is 1.80 bits per heavy atom. The van der Waals surface area contributed by atoms with E-state index < -0.39 is 35.0 Å². The summed E-state index contributed by atoms with van der Waals surface area (Å²) < 4.78 is 4.26. The first-order chi connectivity index (χ1) is 6.43. The Bertz CT molecular complexity index is 419. The summed E-state index contributed by atoms with van der Waals surface area (Å²) >= 11 is 0. The molecule has 1 heterocycles. The number of Topliss-reactive ketones (excluding diaryl/α,β-unsaturated/α-hetero) is 1. The molecule has 1 aromatic rings. The number of carboxylic acids is 2. The first-order valence-electron chi connectivity index (χ1n) is 3.25. The molecule has 0 spiro atoms. The number of carboxylic acid groups (broad SMARTS) is 2. The van der Waals surface area contributed by atoms with Crippen LogP contribution in [0.15, 0.2) is 10.5 Å². The SMILES string of the molecule is O=C(O)C(=O)c1oc(C(=O)O)cc1[O-].[K+]. The molecule has 0 bridgehead atoms. The average Bonchev–Trinajstić information content (AvgIpc) is 2.46. The standard InChI is InChI=1S/C7H4O7.K/c8-2-1-3(6(10)11)14-5(2)4(9)7(12)13;/h1,8H,(H,10,11)(H,12,13);/q;+1/p-1. The third-order valence-corrected chi connectivity index (χ3v) is 1.31. The van der Waals surface area contributed by atoms with Crippen LogP contribution < -0.4 is 56.5 Å². The fourth-order valence-electron chi connectivity index (χ4n) is 0.735. The molecule has 0 radical (unpaired) electrons. The number of hydrogen-bond donors (Lipinski definition) is 2. The van der Waals surface area contributed by atoms with Gasteiger partial charge in [-0.15, -0.1) is 0 Å². The van der Waals surface area contributed by atoms with Gasteiger partial charge in [0.05, 0.1) is 0 Å². The molecule has 0 saturated carbocycles. The second kappa shape index (κ2) is 5.42. The van der Waals surface area contributed by atoms with Gasteiger partial charge in [0.25, 0.3) is 0 Å². The Balaban J connectivity index is 0.00000196. The number of rotatable bonds is 3. The maximum atomic E-state index is 10.8. The second-order valence-electron chi connectivity index (χ2n) is 2.24. The fourth-order valence-corrected chi connectivity index (χ4v) is 0.735. The number of aromatic carboxylic acids is 1. The molecule has 7 nitrogen and oxygen atoms in total. The number of aliphatic carboxylic acids is 1. The first-order valence-corrected chi connectivity index (χ1v) is 3.25. The van der Waals surface area contributed by atoms with Crippen molar-refractivity contribution in [3.8, 4) is 5.75 Å². The Morgan fingerprint density at radius 1 is 1.27 bits per heavy atom. The smallest absolute Gasteiger partial charge is 0.870 e. The molecular formula is C7H3KO7. The molecule has 0 aliphatic carbocycles. The summed E-state index contributed by atoms with van der Waals surface area (Å²) in [5.74, 6) is -7.83. The van der Waals surface area contributed by atoms with Crippen molar-refractivity contribution < 1.29 is 85.5 Å². The molecule has 0 fully saturated rings. The quantitative estimate of drug-likeness (QED) is 0.315. The third-order valence-electron chi connectivity index (χ3n) is 1.31. The van der Waals surface area contributed by atoms with Crippen molar-refractivity contribution in [2.45, 2.75) is 0 Å². The molecule has 2 N–H and O–H groups in total. The number of carbonyl (C=O) groups is 3. The molecule has 1 aromatic heterocycles. The van der Waals surface area contributed by atoms with Crippen LogP contribution in [0.5, 0.6) is 5.75 Å². The third kappa shape index (κ3) is 3.14. The second-order valence-corrected chi connectivity index (χ2v) is 2.24. The summed E-state index contributed by atoms with van der Waals surface area (Å²) in [6.07, 6.45) is 0. The van der Waals surface area contributed by atoms with E-state index in [4.69, 9.17) is 10.2 Å². The predicted molar refractivity (Wildman–Crippen MR) is 37.1 cm³/mol. The fraction of sp³-hybridized carbons (Fsp3) is 0. The van der Waals surface area contributed by atoms with E-state index >= 15 is 0 Å². The van der Waals surface area contributed by atoms with Crippen LogP contribution in [0.4, 0.5) is 0 Å². The zero-order valence-corrected chi connectivity index (χ0v) is 10.6. The van der Waals surface area contributed by atoms with Crippen molar-refractivity contribution >= 4 is 17.7 Å². The predicted octanol–water partition coefficient (Wildman–Crippen LogP) is -3.68. The van der Waals surface area contributed by atoms with Crippen LogP contribution in [-0.4, -0.2) is 27.9 Å². The number of ketones is 1. The maximum absolute atomic E-state index is 10.8. The van der Waals surface area contributed by atoms with Gasteiger partial charge in [-0.25, -0.2) is 9.59 Å². The number of furan rings is 1. The van der Waals surface area contributed by atoms with Gasteiger partial charge in [0, 0.05) is 0 Å². The molecule has 8 heteroatoms. The summed E-state index contributed by atoms with van der Waals surface area (Å²) in [6.45, 7) is 0. The summed E-state index contributed by atoms with van der Waals surface area (Å²) in [6, 6.07) is 0.540. The normalized spacial score (nSPS) is 9.07. The first kappa shape index (κ1) is 14.3. The summed E-state index contributed by atoms with van der Waals surface area (Å²) in [5, 5.41) is 27.4. The molecule has 1 rings (SSSR count). The minimum atomic E-state index is -1.88. The molecule has 0 aromatic carbocycles. The van der Waals surface area contributed by atoms with E-state index in [9.17, 15) is 19.5 Å². The van der Waals surface area contributed by atoms with Crippen LogP contribution in [0.2, 0.25) is 0 Å². The molecule has 0 saturated heterocycles. The molecule has 0 atom stereocenters. The Kier molecular flexibility index (Phi) is 5.18. The van der Waals surface area contributed by atoms with Gasteiger partial charge in [0.1, 0.15) is 0 Å². The van der Waals surface area contributed by atoms with Crippen molar-refractivity contribution in [3.05, 3.63) is 17.6 Å². The molecule has 0 unspecified atom stereocenters. The van der Waals surface area contributed by atoms with E-state index in [1.165, 1.54) is 0 Å². The van der Waals surface area contributed by atoms with E-state index in [-0.39, 0.29) is 51.4 Å². The monoisotopic (exact) mass is 238 g/mol. The van der Waals surface area contributed by atoms with Crippen LogP contribution in [0.3, 0.4) is 0 Å². The molecular weight excluding hydrogens is 235 g/mol. The van der Waals surface area contributed by atoms with Crippen molar-refractivity contribution in [3.63, 3.8) is 0 Å². The Hall–Kier alpha value is -0.674. The van der Waals surface area contributed by atoms with Gasteiger partial charge >= 0.3 is 69.1 Å². The Labute approximate surface area is 125 Å². The van der Waals surface area contributed by atoms with E-state index in [2.05, 4.69) is 4.42 Å². The van der Waals surface area contributed by atoms with Crippen molar-refractivity contribution in [2.24, 2.45) is 0 Å². The molecule has 74 valence electrons. The van der Waals surface area contributed by atoms with Gasteiger partial charge in [0.2, 0.25) is 5.76 Å². The minimum Gasteiger partial charge on any atom is -0.870 e. The van der Waals surface area contributed by atoms with Gasteiger partial charge in [-0.1, -0.05) is 5.75 Å². The van der Waals surface area contributed by atoms with Crippen molar-refractivity contribution in [1.82, 2.24) is 0 Å². The van der Waals surface area contributed by atoms with Crippen molar-refractivity contribution in [1.29, 1.82) is 0 Å². The maximum Gasteiger partial charge on any atom is 1.00 e. The van der Waals surface area contributed by atoms with Crippen LogP contribution in [0, 0.1) is 0 Å². The summed E-state index contributed by atoms with van der Waals surface area (Å²) in [4.78, 5) is 31.1. The van der Waals surface area contributed by atoms with E-state index in [0.29, 0.717) is 6.07 Å².